The molecule has 1 heterocycles. The molecule has 0 aromatic heterocycles. The minimum atomic E-state index is -0.539. The summed E-state index contributed by atoms with van der Waals surface area (Å²) < 4.78 is 9.68. The normalized spacial score (nSPS) is 14.2. The number of imide groups is 1. The van der Waals surface area contributed by atoms with Crippen molar-refractivity contribution in [3.05, 3.63) is 35.4 Å². The van der Waals surface area contributed by atoms with Gasteiger partial charge in [-0.05, 0) is 12.1 Å². The Kier molecular flexibility index (Phi) is 6.46. The monoisotopic (exact) mass is 362 g/mol. The van der Waals surface area contributed by atoms with E-state index in [1.807, 2.05) is 0 Å². The lowest BCUT2D eigenvalue weighted by atomic mass is 10.1. The molecule has 1 atom stereocenters. The molecule has 1 aliphatic rings. The molecule has 26 heavy (non-hydrogen) atoms. The highest BCUT2D eigenvalue weighted by Gasteiger charge is 2.37. The van der Waals surface area contributed by atoms with Gasteiger partial charge in [-0.3, -0.25) is 24.1 Å². The van der Waals surface area contributed by atoms with Crippen LogP contribution in [0.15, 0.2) is 24.3 Å². The van der Waals surface area contributed by atoms with Crippen molar-refractivity contribution >= 4 is 23.7 Å². The zero-order valence-corrected chi connectivity index (χ0v) is 15.1. The fraction of sp³-hybridized carbons (Fsp3) is 0.444. The summed E-state index contributed by atoms with van der Waals surface area (Å²) in [6, 6.07) is 6.45. The first-order chi connectivity index (χ1) is 12.4. The fourth-order valence-corrected chi connectivity index (χ4v) is 2.74. The highest BCUT2D eigenvalue weighted by molar-refractivity contribution is 6.22. The Morgan fingerprint density at radius 1 is 1.12 bits per heavy atom. The Bertz CT molecular complexity index is 682. The molecule has 1 aliphatic heterocycles. The Morgan fingerprint density at radius 2 is 1.69 bits per heavy atom. The standard InChI is InChI=1S/C18H22N2O6/c1-12(18(24)26-3)10-19(8-9-25-2)15(21)11-20-16(22)13-6-4-5-7-14(13)17(20)23/h4-7,12H,8-11H2,1-3H3. The van der Waals surface area contributed by atoms with Crippen molar-refractivity contribution in [2.75, 3.05) is 40.5 Å². The summed E-state index contributed by atoms with van der Waals surface area (Å²) >= 11 is 0. The summed E-state index contributed by atoms with van der Waals surface area (Å²) in [5, 5.41) is 0. The topological polar surface area (TPSA) is 93.2 Å². The Morgan fingerprint density at radius 3 is 2.19 bits per heavy atom. The van der Waals surface area contributed by atoms with Gasteiger partial charge >= 0.3 is 5.97 Å². The second kappa shape index (κ2) is 8.57. The van der Waals surface area contributed by atoms with Gasteiger partial charge in [-0.2, -0.15) is 0 Å². The van der Waals surface area contributed by atoms with Crippen LogP contribution in [-0.2, 0) is 19.1 Å². The molecular formula is C18H22N2O6. The third kappa shape index (κ3) is 4.08. The Balaban J connectivity index is 2.10. The number of methoxy groups -OCH3 is 2. The van der Waals surface area contributed by atoms with Crippen LogP contribution in [0.5, 0.6) is 0 Å². The van der Waals surface area contributed by atoms with Gasteiger partial charge in [-0.1, -0.05) is 19.1 Å². The molecule has 2 rings (SSSR count). The van der Waals surface area contributed by atoms with E-state index in [4.69, 9.17) is 4.74 Å². The molecule has 3 amide bonds. The van der Waals surface area contributed by atoms with Gasteiger partial charge < -0.3 is 14.4 Å². The van der Waals surface area contributed by atoms with E-state index >= 15 is 0 Å². The zero-order valence-electron chi connectivity index (χ0n) is 15.1. The van der Waals surface area contributed by atoms with Crippen LogP contribution in [0.25, 0.3) is 0 Å². The number of fused-ring (bicyclic) bond motifs is 1. The van der Waals surface area contributed by atoms with Gasteiger partial charge in [-0.15, -0.1) is 0 Å². The molecule has 0 bridgehead atoms. The van der Waals surface area contributed by atoms with Crippen molar-refractivity contribution in [2.24, 2.45) is 5.92 Å². The van der Waals surface area contributed by atoms with Gasteiger partial charge in [0.1, 0.15) is 6.54 Å². The summed E-state index contributed by atoms with van der Waals surface area (Å²) in [6.45, 7) is 1.87. The summed E-state index contributed by atoms with van der Waals surface area (Å²) in [4.78, 5) is 51.4. The predicted molar refractivity (Wildman–Crippen MR) is 91.4 cm³/mol. The number of hydrogen-bond acceptors (Lipinski definition) is 6. The molecule has 0 spiro atoms. The number of hydrogen-bond donors (Lipinski definition) is 0. The molecule has 1 unspecified atom stereocenters. The minimum absolute atomic E-state index is 0.109. The van der Waals surface area contributed by atoms with Gasteiger partial charge in [0.15, 0.2) is 0 Å². The number of amides is 3. The van der Waals surface area contributed by atoms with Gasteiger partial charge in [0.05, 0.1) is 30.8 Å². The molecule has 140 valence electrons. The van der Waals surface area contributed by atoms with E-state index in [2.05, 4.69) is 4.74 Å². The van der Waals surface area contributed by atoms with Crippen LogP contribution in [0.3, 0.4) is 0 Å². The second-order valence-electron chi connectivity index (χ2n) is 6.00. The van der Waals surface area contributed by atoms with E-state index in [1.54, 1.807) is 31.2 Å². The number of ether oxygens (including phenoxy) is 2. The maximum absolute atomic E-state index is 12.7. The van der Waals surface area contributed by atoms with Crippen LogP contribution in [0.1, 0.15) is 27.6 Å². The molecule has 1 aromatic rings. The average molecular weight is 362 g/mol. The minimum Gasteiger partial charge on any atom is -0.469 e. The zero-order chi connectivity index (χ0) is 19.3. The first kappa shape index (κ1) is 19.6. The van der Waals surface area contributed by atoms with Crippen molar-refractivity contribution in [3.63, 3.8) is 0 Å². The third-order valence-electron chi connectivity index (χ3n) is 4.19. The summed E-state index contributed by atoms with van der Waals surface area (Å²) in [7, 11) is 2.77. The molecule has 8 nitrogen and oxygen atoms in total. The smallest absolute Gasteiger partial charge is 0.310 e. The van der Waals surface area contributed by atoms with E-state index in [9.17, 15) is 19.2 Å². The quantitative estimate of drug-likeness (QED) is 0.496. The van der Waals surface area contributed by atoms with Gasteiger partial charge in [0, 0.05) is 20.2 Å². The van der Waals surface area contributed by atoms with E-state index in [0.29, 0.717) is 0 Å². The molecule has 0 aliphatic carbocycles. The van der Waals surface area contributed by atoms with Crippen LogP contribution in [0.4, 0.5) is 0 Å². The maximum atomic E-state index is 12.7. The molecular weight excluding hydrogens is 340 g/mol. The summed E-state index contributed by atoms with van der Waals surface area (Å²) in [5.41, 5.74) is 0.577. The van der Waals surface area contributed by atoms with Crippen molar-refractivity contribution < 1.29 is 28.7 Å². The highest BCUT2D eigenvalue weighted by atomic mass is 16.5. The Hall–Kier alpha value is -2.74. The molecule has 0 saturated carbocycles. The lowest BCUT2D eigenvalue weighted by Crippen LogP contribution is -2.46. The summed E-state index contributed by atoms with van der Waals surface area (Å²) in [5.74, 6) is -2.41. The lowest BCUT2D eigenvalue weighted by molar-refractivity contribution is -0.146. The SMILES string of the molecule is COCCN(CC(C)C(=O)OC)C(=O)CN1C(=O)c2ccccc2C1=O. The maximum Gasteiger partial charge on any atom is 0.310 e. The van der Waals surface area contributed by atoms with Crippen molar-refractivity contribution in [2.45, 2.75) is 6.92 Å². The predicted octanol–water partition coefficient (Wildman–Crippen LogP) is 0.567. The highest BCUT2D eigenvalue weighted by Crippen LogP contribution is 2.22. The van der Waals surface area contributed by atoms with Crippen LogP contribution in [0, 0.1) is 5.92 Å². The number of esters is 1. The number of carbonyl (C=O) groups excluding carboxylic acids is 4. The van der Waals surface area contributed by atoms with Crippen LogP contribution in [0.2, 0.25) is 0 Å². The van der Waals surface area contributed by atoms with Crippen LogP contribution >= 0.6 is 0 Å². The van der Waals surface area contributed by atoms with Gasteiger partial charge in [-0.25, -0.2) is 0 Å². The Labute approximate surface area is 151 Å². The molecule has 0 N–H and O–H groups in total. The fourth-order valence-electron chi connectivity index (χ4n) is 2.74. The third-order valence-corrected chi connectivity index (χ3v) is 4.19. The van der Waals surface area contributed by atoms with E-state index < -0.39 is 29.6 Å². The summed E-state index contributed by atoms with van der Waals surface area (Å²) in [6.07, 6.45) is 0. The molecule has 8 heteroatoms. The van der Waals surface area contributed by atoms with Crippen molar-refractivity contribution in [1.29, 1.82) is 0 Å². The first-order valence-electron chi connectivity index (χ1n) is 8.20. The van der Waals surface area contributed by atoms with Crippen LogP contribution < -0.4 is 0 Å². The number of nitrogens with zero attached hydrogens (tertiary/aromatic N) is 2. The second-order valence-corrected chi connectivity index (χ2v) is 6.00. The van der Waals surface area contributed by atoms with Crippen molar-refractivity contribution in [3.8, 4) is 0 Å². The van der Waals surface area contributed by atoms with E-state index in [0.717, 1.165) is 4.90 Å². The van der Waals surface area contributed by atoms with E-state index in [-0.39, 0.29) is 37.4 Å². The largest absolute Gasteiger partial charge is 0.469 e. The number of carbonyl (C=O) groups is 4. The van der Waals surface area contributed by atoms with E-state index in [1.165, 1.54) is 19.1 Å². The molecule has 0 radical (unpaired) electrons. The molecule has 0 saturated heterocycles. The first-order valence-corrected chi connectivity index (χ1v) is 8.20. The van der Waals surface area contributed by atoms with Gasteiger partial charge in [0.25, 0.3) is 11.8 Å². The lowest BCUT2D eigenvalue weighted by Gasteiger charge is -2.26. The van der Waals surface area contributed by atoms with Crippen molar-refractivity contribution in [1.82, 2.24) is 9.80 Å². The average Bonchev–Trinajstić information content (AvgIpc) is 2.89. The van der Waals surface area contributed by atoms with Crippen LogP contribution in [-0.4, -0.2) is 74.0 Å². The number of benzene rings is 1. The molecule has 0 fully saturated rings. The van der Waals surface area contributed by atoms with Gasteiger partial charge in [0.2, 0.25) is 5.91 Å². The number of rotatable bonds is 8. The molecule has 1 aromatic carbocycles.